The van der Waals surface area contributed by atoms with Gasteiger partial charge in [0.1, 0.15) is 6.61 Å². The van der Waals surface area contributed by atoms with Crippen molar-refractivity contribution in [2.45, 2.75) is 12.8 Å². The van der Waals surface area contributed by atoms with E-state index in [1.165, 1.54) is 22.3 Å². The van der Waals surface area contributed by atoms with Crippen molar-refractivity contribution in [3.05, 3.63) is 101 Å². The summed E-state index contributed by atoms with van der Waals surface area (Å²) in [4.78, 5) is 23.9. The molecule has 0 aromatic heterocycles. The number of fused-ring (bicyclic) bond motifs is 3. The highest BCUT2D eigenvalue weighted by Crippen LogP contribution is 2.44. The minimum absolute atomic E-state index is 0.0432. The fourth-order valence-corrected chi connectivity index (χ4v) is 3.93. The summed E-state index contributed by atoms with van der Waals surface area (Å²) in [6.07, 6.45) is 3.26. The summed E-state index contributed by atoms with van der Waals surface area (Å²) >= 11 is 0. The molecule has 3 aromatic rings. The minimum atomic E-state index is -0.450. The zero-order chi connectivity index (χ0) is 22.3. The summed E-state index contributed by atoms with van der Waals surface area (Å²) in [5.74, 6) is -0.290. The van der Waals surface area contributed by atoms with E-state index in [4.69, 9.17) is 9.47 Å². The van der Waals surface area contributed by atoms with Crippen molar-refractivity contribution >= 4 is 18.1 Å². The van der Waals surface area contributed by atoms with Crippen LogP contribution in [-0.4, -0.2) is 31.8 Å². The van der Waals surface area contributed by atoms with Gasteiger partial charge in [-0.25, -0.2) is 9.59 Å². The normalized spacial score (nSPS) is 12.3. The van der Waals surface area contributed by atoms with Crippen LogP contribution in [-0.2, 0) is 9.47 Å². The van der Waals surface area contributed by atoms with Gasteiger partial charge in [-0.05, 0) is 46.9 Å². The standard InChI is InChI=1S/C27H25NO4/c1-2-31-26(29)20-15-13-19(14-16-20)8-7-17-28-27(30)32-18-25-23-11-5-3-9-21(23)22-10-4-6-12-24(22)25/h3-16,25H,2,17-18H2,1H3,(H,28,30). The Morgan fingerprint density at radius 2 is 1.50 bits per heavy atom. The van der Waals surface area contributed by atoms with E-state index in [-0.39, 0.29) is 11.9 Å². The third kappa shape index (κ3) is 4.72. The van der Waals surface area contributed by atoms with Crippen LogP contribution in [0.5, 0.6) is 0 Å². The van der Waals surface area contributed by atoms with Crippen LogP contribution in [0.15, 0.2) is 78.9 Å². The number of benzene rings is 3. The van der Waals surface area contributed by atoms with Crippen LogP contribution in [0.2, 0.25) is 0 Å². The lowest BCUT2D eigenvalue weighted by Crippen LogP contribution is -2.26. The van der Waals surface area contributed by atoms with Crippen molar-refractivity contribution in [3.8, 4) is 11.1 Å². The lowest BCUT2D eigenvalue weighted by atomic mass is 9.98. The zero-order valence-electron chi connectivity index (χ0n) is 17.9. The van der Waals surface area contributed by atoms with Crippen LogP contribution in [0.4, 0.5) is 4.79 Å². The molecule has 162 valence electrons. The maximum absolute atomic E-state index is 12.2. The molecule has 0 saturated carbocycles. The number of hydrogen-bond acceptors (Lipinski definition) is 4. The fourth-order valence-electron chi connectivity index (χ4n) is 3.93. The summed E-state index contributed by atoms with van der Waals surface area (Å²) in [6.45, 7) is 2.76. The highest BCUT2D eigenvalue weighted by molar-refractivity contribution is 5.89. The molecule has 0 spiro atoms. The second-order valence-corrected chi connectivity index (χ2v) is 7.45. The van der Waals surface area contributed by atoms with Crippen LogP contribution in [0.1, 0.15) is 39.9 Å². The molecule has 1 aliphatic rings. The number of esters is 1. The maximum Gasteiger partial charge on any atom is 0.407 e. The smallest absolute Gasteiger partial charge is 0.407 e. The molecule has 5 nitrogen and oxygen atoms in total. The monoisotopic (exact) mass is 427 g/mol. The van der Waals surface area contributed by atoms with Crippen LogP contribution >= 0.6 is 0 Å². The number of amides is 1. The molecule has 5 heteroatoms. The lowest BCUT2D eigenvalue weighted by molar-refractivity contribution is 0.0526. The Kier molecular flexibility index (Phi) is 6.66. The van der Waals surface area contributed by atoms with Gasteiger partial charge >= 0.3 is 12.1 Å². The lowest BCUT2D eigenvalue weighted by Gasteiger charge is -2.14. The molecule has 0 aliphatic heterocycles. The van der Waals surface area contributed by atoms with Gasteiger partial charge in [0, 0.05) is 12.5 Å². The Morgan fingerprint density at radius 3 is 2.12 bits per heavy atom. The van der Waals surface area contributed by atoms with E-state index >= 15 is 0 Å². The molecule has 0 bridgehead atoms. The largest absolute Gasteiger partial charge is 0.462 e. The first kappa shape index (κ1) is 21.4. The van der Waals surface area contributed by atoms with E-state index in [2.05, 4.69) is 29.6 Å². The molecular weight excluding hydrogens is 402 g/mol. The van der Waals surface area contributed by atoms with Crippen LogP contribution in [0, 0.1) is 0 Å². The Bertz CT molecular complexity index is 1090. The minimum Gasteiger partial charge on any atom is -0.462 e. The Labute approximate surface area is 187 Å². The van der Waals surface area contributed by atoms with Crippen LogP contribution in [0.3, 0.4) is 0 Å². The maximum atomic E-state index is 12.2. The number of carbonyl (C=O) groups excluding carboxylic acids is 2. The predicted molar refractivity (Wildman–Crippen MR) is 125 cm³/mol. The van der Waals surface area contributed by atoms with Crippen molar-refractivity contribution in [2.75, 3.05) is 19.8 Å². The van der Waals surface area contributed by atoms with E-state index < -0.39 is 6.09 Å². The first-order valence-electron chi connectivity index (χ1n) is 10.7. The summed E-state index contributed by atoms with van der Waals surface area (Å²) < 4.78 is 10.5. The van der Waals surface area contributed by atoms with Crippen molar-refractivity contribution in [2.24, 2.45) is 0 Å². The van der Waals surface area contributed by atoms with Crippen molar-refractivity contribution in [1.29, 1.82) is 0 Å². The van der Waals surface area contributed by atoms with E-state index in [1.807, 2.05) is 48.6 Å². The number of carbonyl (C=O) groups is 2. The van der Waals surface area contributed by atoms with Gasteiger partial charge in [0.2, 0.25) is 0 Å². The Hall–Kier alpha value is -3.86. The van der Waals surface area contributed by atoms with Gasteiger partial charge in [0.15, 0.2) is 0 Å². The average molecular weight is 428 g/mol. The van der Waals surface area contributed by atoms with Crippen molar-refractivity contribution in [1.82, 2.24) is 5.32 Å². The molecule has 0 saturated heterocycles. The van der Waals surface area contributed by atoms with Gasteiger partial charge < -0.3 is 14.8 Å². The molecule has 1 N–H and O–H groups in total. The molecule has 3 aromatic carbocycles. The molecule has 0 fully saturated rings. The van der Waals surface area contributed by atoms with Gasteiger partial charge in [0.05, 0.1) is 12.2 Å². The van der Waals surface area contributed by atoms with E-state index in [1.54, 1.807) is 19.1 Å². The summed E-state index contributed by atoms with van der Waals surface area (Å²) in [6, 6.07) is 23.6. The molecule has 0 heterocycles. The summed E-state index contributed by atoms with van der Waals surface area (Å²) in [7, 11) is 0. The SMILES string of the molecule is CCOC(=O)c1ccc(C=CCNC(=O)OCC2c3ccccc3-c3ccccc32)cc1. The first-order chi connectivity index (χ1) is 15.7. The number of ether oxygens (including phenoxy) is 2. The highest BCUT2D eigenvalue weighted by Gasteiger charge is 2.28. The van der Waals surface area contributed by atoms with Gasteiger partial charge in [-0.2, -0.15) is 0 Å². The quantitative estimate of drug-likeness (QED) is 0.512. The van der Waals surface area contributed by atoms with Gasteiger partial charge in [-0.3, -0.25) is 0 Å². The van der Waals surface area contributed by atoms with Crippen LogP contribution in [0.25, 0.3) is 17.2 Å². The van der Waals surface area contributed by atoms with Crippen LogP contribution < -0.4 is 5.32 Å². The zero-order valence-corrected chi connectivity index (χ0v) is 17.9. The van der Waals surface area contributed by atoms with Gasteiger partial charge in [-0.1, -0.05) is 72.8 Å². The summed E-state index contributed by atoms with van der Waals surface area (Å²) in [5.41, 5.74) is 6.22. The van der Waals surface area contributed by atoms with Crippen molar-refractivity contribution < 1.29 is 19.1 Å². The molecule has 1 amide bonds. The second-order valence-electron chi connectivity index (χ2n) is 7.45. The topological polar surface area (TPSA) is 64.6 Å². The average Bonchev–Trinajstić information content (AvgIpc) is 3.15. The molecule has 32 heavy (non-hydrogen) atoms. The number of rotatable bonds is 7. The summed E-state index contributed by atoms with van der Waals surface area (Å²) in [5, 5.41) is 2.75. The second kappa shape index (κ2) is 9.96. The molecule has 4 rings (SSSR count). The molecule has 1 aliphatic carbocycles. The van der Waals surface area contributed by atoms with E-state index in [9.17, 15) is 9.59 Å². The Balaban J connectivity index is 1.28. The van der Waals surface area contributed by atoms with Gasteiger partial charge in [-0.15, -0.1) is 0 Å². The number of alkyl carbamates (subject to hydrolysis) is 1. The third-order valence-corrected chi connectivity index (χ3v) is 5.44. The molecule has 0 radical (unpaired) electrons. The fraction of sp³-hybridized carbons (Fsp3) is 0.185. The van der Waals surface area contributed by atoms with E-state index in [0.717, 1.165) is 5.56 Å². The molecular formula is C27H25NO4. The molecule has 0 atom stereocenters. The third-order valence-electron chi connectivity index (χ3n) is 5.44. The highest BCUT2D eigenvalue weighted by atomic mass is 16.5. The number of hydrogen-bond donors (Lipinski definition) is 1. The Morgan fingerprint density at radius 1 is 0.875 bits per heavy atom. The number of nitrogens with one attached hydrogen (secondary N) is 1. The van der Waals surface area contributed by atoms with E-state index in [0.29, 0.717) is 25.3 Å². The van der Waals surface area contributed by atoms with Crippen molar-refractivity contribution in [3.63, 3.8) is 0 Å². The first-order valence-corrected chi connectivity index (χ1v) is 10.7. The predicted octanol–water partition coefficient (Wildman–Crippen LogP) is 5.42. The van der Waals surface area contributed by atoms with Gasteiger partial charge in [0.25, 0.3) is 0 Å². The molecule has 0 unspecified atom stereocenters.